The lowest BCUT2D eigenvalue weighted by Gasteiger charge is -2.21. The predicted octanol–water partition coefficient (Wildman–Crippen LogP) is 1.49. The molecular weight excluding hydrogens is 188 g/mol. The molecular formula is C12H24N2O. The Bertz CT molecular complexity index is 206. The molecule has 0 saturated carbocycles. The molecule has 0 aromatic rings. The number of nitrogens with zero attached hydrogens (tertiary/aromatic N) is 1. The van der Waals surface area contributed by atoms with Crippen molar-refractivity contribution in [2.24, 2.45) is 11.8 Å². The molecule has 1 rings (SSSR count). The lowest BCUT2D eigenvalue weighted by Crippen LogP contribution is -2.37. The van der Waals surface area contributed by atoms with Crippen molar-refractivity contribution in [3.8, 4) is 0 Å². The summed E-state index contributed by atoms with van der Waals surface area (Å²) in [6.07, 6.45) is 2.39. The van der Waals surface area contributed by atoms with Crippen molar-refractivity contribution in [3.63, 3.8) is 0 Å². The Hall–Kier alpha value is -0.570. The molecule has 1 heterocycles. The normalized spacial score (nSPS) is 23.1. The highest BCUT2D eigenvalue weighted by atomic mass is 16.2. The third-order valence-corrected chi connectivity index (χ3v) is 3.30. The van der Waals surface area contributed by atoms with Gasteiger partial charge in [0.15, 0.2) is 0 Å². The molecule has 2 atom stereocenters. The summed E-state index contributed by atoms with van der Waals surface area (Å²) in [6.45, 7) is 9.99. The van der Waals surface area contributed by atoms with Crippen molar-refractivity contribution < 1.29 is 4.79 Å². The molecule has 1 amide bonds. The summed E-state index contributed by atoms with van der Waals surface area (Å²) in [4.78, 5) is 14.0. The van der Waals surface area contributed by atoms with Crippen LogP contribution in [0, 0.1) is 11.8 Å². The van der Waals surface area contributed by atoms with Crippen LogP contribution in [-0.2, 0) is 4.79 Å². The van der Waals surface area contributed by atoms with Gasteiger partial charge in [-0.1, -0.05) is 27.2 Å². The first-order chi connectivity index (χ1) is 7.19. The number of carbonyl (C=O) groups excluding carboxylic acids is 1. The second kappa shape index (κ2) is 6.11. The molecule has 0 aromatic carbocycles. The molecule has 0 radical (unpaired) electrons. The molecule has 1 fully saturated rings. The molecule has 1 aliphatic rings. The largest absolute Gasteiger partial charge is 0.342 e. The van der Waals surface area contributed by atoms with E-state index in [0.29, 0.717) is 5.91 Å². The summed E-state index contributed by atoms with van der Waals surface area (Å²) >= 11 is 0. The van der Waals surface area contributed by atoms with Gasteiger partial charge in [-0.2, -0.15) is 0 Å². The Morgan fingerprint density at radius 2 is 2.27 bits per heavy atom. The third-order valence-electron chi connectivity index (χ3n) is 3.30. The van der Waals surface area contributed by atoms with Gasteiger partial charge < -0.3 is 10.2 Å². The Labute approximate surface area is 93.2 Å². The third kappa shape index (κ3) is 3.49. The van der Waals surface area contributed by atoms with Gasteiger partial charge in [-0.05, 0) is 18.9 Å². The van der Waals surface area contributed by atoms with E-state index in [-0.39, 0.29) is 5.92 Å². The Balaban J connectivity index is 2.33. The van der Waals surface area contributed by atoms with E-state index < -0.39 is 0 Å². The summed E-state index contributed by atoms with van der Waals surface area (Å²) in [6, 6.07) is 0. The van der Waals surface area contributed by atoms with Gasteiger partial charge >= 0.3 is 0 Å². The molecule has 1 saturated heterocycles. The average molecular weight is 212 g/mol. The number of nitrogens with one attached hydrogen (secondary N) is 1. The van der Waals surface area contributed by atoms with Crippen LogP contribution >= 0.6 is 0 Å². The van der Waals surface area contributed by atoms with Crippen LogP contribution in [0.1, 0.15) is 33.6 Å². The van der Waals surface area contributed by atoms with Gasteiger partial charge in [0.25, 0.3) is 0 Å². The van der Waals surface area contributed by atoms with E-state index in [1.165, 1.54) is 12.8 Å². The summed E-state index contributed by atoms with van der Waals surface area (Å²) in [5, 5.41) is 3.23. The first-order valence-electron chi connectivity index (χ1n) is 6.18. The summed E-state index contributed by atoms with van der Waals surface area (Å²) in [7, 11) is 0. The molecule has 15 heavy (non-hydrogen) atoms. The fourth-order valence-corrected chi connectivity index (χ4v) is 2.13. The van der Waals surface area contributed by atoms with Gasteiger partial charge in [-0.15, -0.1) is 0 Å². The van der Waals surface area contributed by atoms with Crippen molar-refractivity contribution in [2.45, 2.75) is 33.6 Å². The molecule has 1 N–H and O–H groups in total. The lowest BCUT2D eigenvalue weighted by molar-refractivity contribution is -0.133. The van der Waals surface area contributed by atoms with Crippen LogP contribution in [0.3, 0.4) is 0 Å². The smallest absolute Gasteiger partial charge is 0.226 e. The minimum atomic E-state index is 0.126. The standard InChI is InChI=1S/C12H24N2O/c1-4-11-6-7-14(9-11)12(15)10(3)8-13-5-2/h10-11,13H,4-9H2,1-3H3. The fourth-order valence-electron chi connectivity index (χ4n) is 2.13. The van der Waals surface area contributed by atoms with E-state index >= 15 is 0 Å². The number of hydrogen-bond acceptors (Lipinski definition) is 2. The van der Waals surface area contributed by atoms with Crippen molar-refractivity contribution >= 4 is 5.91 Å². The summed E-state index contributed by atoms with van der Waals surface area (Å²) in [5.74, 6) is 1.19. The van der Waals surface area contributed by atoms with E-state index in [0.717, 1.165) is 32.1 Å². The van der Waals surface area contributed by atoms with Crippen LogP contribution in [0.15, 0.2) is 0 Å². The highest BCUT2D eigenvalue weighted by Gasteiger charge is 2.27. The number of rotatable bonds is 5. The number of amides is 1. The van der Waals surface area contributed by atoms with Crippen LogP contribution < -0.4 is 5.32 Å². The van der Waals surface area contributed by atoms with Gasteiger partial charge in [0.1, 0.15) is 0 Å². The van der Waals surface area contributed by atoms with E-state index in [9.17, 15) is 4.79 Å². The fraction of sp³-hybridized carbons (Fsp3) is 0.917. The molecule has 3 heteroatoms. The minimum Gasteiger partial charge on any atom is -0.342 e. The molecule has 0 aliphatic carbocycles. The van der Waals surface area contributed by atoms with Crippen LogP contribution in [0.25, 0.3) is 0 Å². The van der Waals surface area contributed by atoms with Crippen LogP contribution in [0.2, 0.25) is 0 Å². The molecule has 0 spiro atoms. The zero-order valence-electron chi connectivity index (χ0n) is 10.3. The van der Waals surface area contributed by atoms with Crippen molar-refractivity contribution in [1.82, 2.24) is 10.2 Å². The van der Waals surface area contributed by atoms with E-state index in [2.05, 4.69) is 19.2 Å². The Morgan fingerprint density at radius 3 is 2.80 bits per heavy atom. The second-order valence-corrected chi connectivity index (χ2v) is 4.56. The first-order valence-corrected chi connectivity index (χ1v) is 6.18. The van der Waals surface area contributed by atoms with Crippen molar-refractivity contribution in [2.75, 3.05) is 26.2 Å². The maximum Gasteiger partial charge on any atom is 0.226 e. The summed E-state index contributed by atoms with van der Waals surface area (Å²) in [5.41, 5.74) is 0. The Morgan fingerprint density at radius 1 is 1.53 bits per heavy atom. The molecule has 1 aliphatic heterocycles. The lowest BCUT2D eigenvalue weighted by atomic mass is 10.1. The Kier molecular flexibility index (Phi) is 5.09. The molecule has 0 bridgehead atoms. The monoisotopic (exact) mass is 212 g/mol. The number of likely N-dealkylation sites (tertiary alicyclic amines) is 1. The SMILES string of the molecule is CCNCC(C)C(=O)N1CCC(CC)C1. The number of hydrogen-bond donors (Lipinski definition) is 1. The highest BCUT2D eigenvalue weighted by molar-refractivity contribution is 5.79. The predicted molar refractivity (Wildman–Crippen MR) is 62.7 cm³/mol. The minimum absolute atomic E-state index is 0.126. The van der Waals surface area contributed by atoms with Gasteiger partial charge in [-0.25, -0.2) is 0 Å². The van der Waals surface area contributed by atoms with E-state index in [1.807, 2.05) is 11.8 Å². The van der Waals surface area contributed by atoms with Gasteiger partial charge in [-0.3, -0.25) is 4.79 Å². The van der Waals surface area contributed by atoms with Gasteiger partial charge in [0, 0.05) is 25.6 Å². The molecule has 88 valence electrons. The second-order valence-electron chi connectivity index (χ2n) is 4.56. The average Bonchev–Trinajstić information content (AvgIpc) is 2.73. The topological polar surface area (TPSA) is 32.3 Å². The van der Waals surface area contributed by atoms with Crippen LogP contribution in [0.5, 0.6) is 0 Å². The van der Waals surface area contributed by atoms with Crippen LogP contribution in [0.4, 0.5) is 0 Å². The number of carbonyl (C=O) groups is 1. The highest BCUT2D eigenvalue weighted by Crippen LogP contribution is 2.20. The maximum absolute atomic E-state index is 12.0. The van der Waals surface area contributed by atoms with E-state index in [1.54, 1.807) is 0 Å². The summed E-state index contributed by atoms with van der Waals surface area (Å²) < 4.78 is 0. The van der Waals surface area contributed by atoms with Crippen molar-refractivity contribution in [1.29, 1.82) is 0 Å². The van der Waals surface area contributed by atoms with Gasteiger partial charge in [0.2, 0.25) is 5.91 Å². The molecule has 2 unspecified atom stereocenters. The molecule has 0 aromatic heterocycles. The quantitative estimate of drug-likeness (QED) is 0.749. The maximum atomic E-state index is 12.0. The zero-order valence-corrected chi connectivity index (χ0v) is 10.3. The first kappa shape index (κ1) is 12.5. The van der Waals surface area contributed by atoms with Crippen molar-refractivity contribution in [3.05, 3.63) is 0 Å². The molecule has 3 nitrogen and oxygen atoms in total. The zero-order chi connectivity index (χ0) is 11.3. The van der Waals surface area contributed by atoms with E-state index in [4.69, 9.17) is 0 Å². The van der Waals surface area contributed by atoms with Gasteiger partial charge in [0.05, 0.1) is 0 Å². The van der Waals surface area contributed by atoms with Crippen LogP contribution in [-0.4, -0.2) is 37.0 Å².